The van der Waals surface area contributed by atoms with E-state index >= 15 is 0 Å². The molecule has 0 unspecified atom stereocenters. The van der Waals surface area contributed by atoms with Gasteiger partial charge in [0.2, 0.25) is 0 Å². The molecule has 0 N–H and O–H groups in total. The molecule has 3 rings (SSSR count). The van der Waals surface area contributed by atoms with Crippen LogP contribution in [-0.4, -0.2) is 4.20 Å². The lowest BCUT2D eigenvalue weighted by atomic mass is 9.75. The third-order valence-electron chi connectivity index (χ3n) is 4.31. The van der Waals surface area contributed by atoms with Crippen LogP contribution in [0.2, 0.25) is 0 Å². The molecule has 0 aromatic heterocycles. The number of fused-ring (bicyclic) bond motifs is 1. The van der Waals surface area contributed by atoms with Crippen molar-refractivity contribution >= 4 is 39.8 Å². The second kappa shape index (κ2) is 5.86. The lowest BCUT2D eigenvalue weighted by Crippen LogP contribution is -2.21. The predicted octanol–water partition coefficient (Wildman–Crippen LogP) is 5.77. The zero-order valence-corrected chi connectivity index (χ0v) is 14.4. The van der Waals surface area contributed by atoms with Crippen molar-refractivity contribution in [2.75, 3.05) is 0 Å². The smallest absolute Gasteiger partial charge is 0.0757 e. The normalized spacial score (nSPS) is 11.6. The van der Waals surface area contributed by atoms with E-state index in [9.17, 15) is 0 Å². The molecule has 0 atom stereocenters. The molecule has 0 fully saturated rings. The molecular formula is C20H18S2. The average Bonchev–Trinajstić information content (AvgIpc) is 2.54. The fourth-order valence-electron chi connectivity index (χ4n) is 3.03. The molecule has 2 heteroatoms. The molecule has 0 bridgehead atoms. The molecule has 0 aliphatic rings. The van der Waals surface area contributed by atoms with E-state index in [4.69, 9.17) is 12.2 Å². The Kier molecular flexibility index (Phi) is 4.07. The van der Waals surface area contributed by atoms with E-state index in [0.29, 0.717) is 4.20 Å². The number of hydrogen-bond donors (Lipinski definition) is 1. The summed E-state index contributed by atoms with van der Waals surface area (Å²) in [6.07, 6.45) is 0. The van der Waals surface area contributed by atoms with Crippen molar-refractivity contribution in [3.8, 4) is 0 Å². The lowest BCUT2D eigenvalue weighted by molar-refractivity contribution is 0.641. The highest BCUT2D eigenvalue weighted by molar-refractivity contribution is 8.11. The average molecular weight is 322 g/mol. The van der Waals surface area contributed by atoms with Crippen molar-refractivity contribution in [2.45, 2.75) is 19.3 Å². The van der Waals surface area contributed by atoms with E-state index in [-0.39, 0.29) is 5.41 Å². The summed E-state index contributed by atoms with van der Waals surface area (Å²) in [6.45, 7) is 4.48. The first kappa shape index (κ1) is 15.3. The van der Waals surface area contributed by atoms with Crippen LogP contribution in [0.3, 0.4) is 0 Å². The second-order valence-corrected chi connectivity index (χ2v) is 7.16. The lowest BCUT2D eigenvalue weighted by Gasteiger charge is -2.29. The molecule has 0 aliphatic heterocycles. The highest BCUT2D eigenvalue weighted by Crippen LogP contribution is 2.37. The van der Waals surface area contributed by atoms with Crippen molar-refractivity contribution in [1.29, 1.82) is 0 Å². The van der Waals surface area contributed by atoms with Crippen LogP contribution in [0.5, 0.6) is 0 Å². The summed E-state index contributed by atoms with van der Waals surface area (Å²) in [5, 5.41) is 2.37. The minimum atomic E-state index is -0.132. The van der Waals surface area contributed by atoms with Gasteiger partial charge in [-0.05, 0) is 21.9 Å². The van der Waals surface area contributed by atoms with Gasteiger partial charge in [0.15, 0.2) is 0 Å². The number of hydrogen-bond acceptors (Lipinski definition) is 1. The van der Waals surface area contributed by atoms with E-state index in [1.165, 1.54) is 21.9 Å². The zero-order valence-electron chi connectivity index (χ0n) is 12.7. The third-order valence-corrected chi connectivity index (χ3v) is 4.74. The van der Waals surface area contributed by atoms with Crippen LogP contribution in [0.1, 0.15) is 30.5 Å². The maximum absolute atomic E-state index is 5.46. The quantitative estimate of drug-likeness (QED) is 0.472. The molecule has 0 saturated heterocycles. The summed E-state index contributed by atoms with van der Waals surface area (Å²) in [7, 11) is 0. The molecule has 0 radical (unpaired) electrons. The van der Waals surface area contributed by atoms with E-state index in [0.717, 1.165) is 5.56 Å². The summed E-state index contributed by atoms with van der Waals surface area (Å²) in [5.74, 6) is 0. The van der Waals surface area contributed by atoms with Crippen molar-refractivity contribution in [2.24, 2.45) is 0 Å². The van der Waals surface area contributed by atoms with Crippen LogP contribution in [0.15, 0.2) is 66.7 Å². The van der Waals surface area contributed by atoms with Crippen LogP contribution in [-0.2, 0) is 5.41 Å². The van der Waals surface area contributed by atoms with Gasteiger partial charge in [0, 0.05) is 11.0 Å². The number of thiol groups is 1. The van der Waals surface area contributed by atoms with Crippen LogP contribution >= 0.6 is 24.8 Å². The monoisotopic (exact) mass is 322 g/mol. The van der Waals surface area contributed by atoms with Crippen molar-refractivity contribution < 1.29 is 0 Å². The van der Waals surface area contributed by atoms with Gasteiger partial charge in [-0.2, -0.15) is 0 Å². The summed E-state index contributed by atoms with van der Waals surface area (Å²) in [4.78, 5) is 0. The Labute approximate surface area is 142 Å². The van der Waals surface area contributed by atoms with Crippen LogP contribution in [0, 0.1) is 0 Å². The van der Waals surface area contributed by atoms with Crippen molar-refractivity contribution in [1.82, 2.24) is 0 Å². The standard InChI is InChI=1S/C20H18S2/c1-20(2,15-9-4-3-5-10-15)17-13-12-14-8-6-7-11-16(14)18(17)19(21)22/h3-13H,1-2H3,(H,21,22). The van der Waals surface area contributed by atoms with E-state index in [2.05, 4.69) is 87.1 Å². The highest BCUT2D eigenvalue weighted by atomic mass is 32.1. The van der Waals surface area contributed by atoms with Gasteiger partial charge in [-0.25, -0.2) is 0 Å². The van der Waals surface area contributed by atoms with Crippen LogP contribution in [0.25, 0.3) is 10.8 Å². The predicted molar refractivity (Wildman–Crippen MR) is 103 cm³/mol. The van der Waals surface area contributed by atoms with E-state index in [1.807, 2.05) is 6.07 Å². The minimum Gasteiger partial charge on any atom is -0.131 e. The summed E-state index contributed by atoms with van der Waals surface area (Å²) in [5.41, 5.74) is 3.44. The fourth-order valence-corrected chi connectivity index (χ4v) is 3.49. The first-order valence-corrected chi connectivity index (χ1v) is 8.18. The van der Waals surface area contributed by atoms with Crippen LogP contribution < -0.4 is 0 Å². The number of benzene rings is 3. The summed E-state index contributed by atoms with van der Waals surface area (Å²) < 4.78 is 0.649. The van der Waals surface area contributed by atoms with Gasteiger partial charge >= 0.3 is 0 Å². The number of thiocarbonyl (C=S) groups is 1. The Bertz CT molecular complexity index is 833. The largest absolute Gasteiger partial charge is 0.131 e. The molecule has 3 aromatic carbocycles. The molecule has 22 heavy (non-hydrogen) atoms. The number of rotatable bonds is 3. The van der Waals surface area contributed by atoms with Gasteiger partial charge in [0.1, 0.15) is 0 Å². The molecule has 0 nitrogen and oxygen atoms in total. The molecule has 0 amide bonds. The molecule has 3 aromatic rings. The molecule has 0 heterocycles. The maximum Gasteiger partial charge on any atom is 0.0757 e. The summed E-state index contributed by atoms with van der Waals surface area (Å²) >= 11 is 9.97. The fraction of sp³-hybridized carbons (Fsp3) is 0.150. The Balaban J connectivity index is 2.31. The van der Waals surface area contributed by atoms with Crippen molar-refractivity contribution in [3.05, 3.63) is 83.4 Å². The molecular weight excluding hydrogens is 304 g/mol. The second-order valence-electron chi connectivity index (χ2n) is 6.01. The maximum atomic E-state index is 5.46. The van der Waals surface area contributed by atoms with Gasteiger partial charge in [0.25, 0.3) is 0 Å². The van der Waals surface area contributed by atoms with Crippen molar-refractivity contribution in [3.63, 3.8) is 0 Å². The third kappa shape index (κ3) is 2.57. The highest BCUT2D eigenvalue weighted by Gasteiger charge is 2.27. The van der Waals surface area contributed by atoms with Crippen LogP contribution in [0.4, 0.5) is 0 Å². The Hall–Kier alpha value is -1.64. The molecule has 0 saturated carbocycles. The first-order chi connectivity index (χ1) is 10.5. The minimum absolute atomic E-state index is 0.132. The van der Waals surface area contributed by atoms with Gasteiger partial charge in [-0.15, -0.1) is 12.6 Å². The summed E-state index contributed by atoms with van der Waals surface area (Å²) in [6, 6.07) is 23.2. The van der Waals surface area contributed by atoms with E-state index in [1.54, 1.807) is 0 Å². The van der Waals surface area contributed by atoms with Gasteiger partial charge < -0.3 is 0 Å². The Morgan fingerprint density at radius 3 is 2.18 bits per heavy atom. The first-order valence-electron chi connectivity index (χ1n) is 7.33. The Morgan fingerprint density at radius 2 is 1.50 bits per heavy atom. The van der Waals surface area contributed by atoms with E-state index < -0.39 is 0 Å². The zero-order chi connectivity index (χ0) is 15.7. The molecule has 0 aliphatic carbocycles. The SMILES string of the molecule is CC(C)(c1ccccc1)c1ccc2ccccc2c1C(=S)S. The molecule has 0 spiro atoms. The van der Waals surface area contributed by atoms with Gasteiger partial charge in [-0.1, -0.05) is 92.8 Å². The van der Waals surface area contributed by atoms with Gasteiger partial charge in [0.05, 0.1) is 4.20 Å². The van der Waals surface area contributed by atoms with Gasteiger partial charge in [-0.3, -0.25) is 0 Å². The Morgan fingerprint density at radius 1 is 0.864 bits per heavy atom. The topological polar surface area (TPSA) is 0 Å². The molecule has 110 valence electrons.